The summed E-state index contributed by atoms with van der Waals surface area (Å²) in [5.41, 5.74) is 0.476. The van der Waals surface area contributed by atoms with Gasteiger partial charge in [-0.25, -0.2) is 0 Å². The predicted octanol–water partition coefficient (Wildman–Crippen LogP) is 2.23. The first kappa shape index (κ1) is 9.65. The predicted molar refractivity (Wildman–Crippen MR) is 39.9 cm³/mol. The van der Waals surface area contributed by atoms with Crippen LogP contribution >= 0.6 is 0 Å². The molecule has 2 nitrogen and oxygen atoms in total. The lowest BCUT2D eigenvalue weighted by Gasteiger charge is -2.10. The van der Waals surface area contributed by atoms with E-state index in [1.807, 2.05) is 0 Å². The van der Waals surface area contributed by atoms with Crippen LogP contribution in [0.25, 0.3) is 0 Å². The molecule has 1 rings (SSSR count). The van der Waals surface area contributed by atoms with Crippen molar-refractivity contribution in [2.75, 3.05) is 0 Å². The first-order valence-electron chi connectivity index (χ1n) is 3.57. The number of halogens is 3. The van der Waals surface area contributed by atoms with Gasteiger partial charge in [0.05, 0.1) is 0 Å². The summed E-state index contributed by atoms with van der Waals surface area (Å²) >= 11 is 0. The summed E-state index contributed by atoms with van der Waals surface area (Å²) in [7, 11) is 0. The molecule has 0 saturated carbocycles. The summed E-state index contributed by atoms with van der Waals surface area (Å²) in [6, 6.07) is 4.57. The van der Waals surface area contributed by atoms with Gasteiger partial charge in [-0.15, -0.1) is 0 Å². The molecule has 1 aromatic rings. The zero-order valence-corrected chi connectivity index (χ0v) is 6.89. The molecule has 0 aromatic carbocycles. The number of nitriles is 1. The van der Waals surface area contributed by atoms with Crippen molar-refractivity contribution in [1.82, 2.24) is 4.57 Å². The molecule has 5 heteroatoms. The zero-order valence-electron chi connectivity index (χ0n) is 6.89. The Bertz CT molecular complexity index is 343. The van der Waals surface area contributed by atoms with E-state index in [9.17, 15) is 13.2 Å². The van der Waals surface area contributed by atoms with Crippen LogP contribution in [-0.4, -0.2) is 10.7 Å². The summed E-state index contributed by atoms with van der Waals surface area (Å²) in [4.78, 5) is 0. The molecule has 0 spiro atoms. The topological polar surface area (TPSA) is 28.7 Å². The molecule has 0 fully saturated rings. The first-order valence-corrected chi connectivity index (χ1v) is 3.57. The van der Waals surface area contributed by atoms with Gasteiger partial charge in [-0.05, 0) is 19.1 Å². The van der Waals surface area contributed by atoms with Crippen LogP contribution in [0.5, 0.6) is 0 Å². The normalized spacial score (nSPS) is 11.3. The van der Waals surface area contributed by atoms with E-state index in [0.717, 1.165) is 4.57 Å². The maximum Gasteiger partial charge on any atom is 0.406 e. The van der Waals surface area contributed by atoms with Crippen molar-refractivity contribution in [3.63, 3.8) is 0 Å². The lowest BCUT2D eigenvalue weighted by Crippen LogP contribution is -2.19. The summed E-state index contributed by atoms with van der Waals surface area (Å²) in [5.74, 6) is 0. The Morgan fingerprint density at radius 1 is 1.46 bits per heavy atom. The van der Waals surface area contributed by atoms with E-state index >= 15 is 0 Å². The second-order valence-corrected chi connectivity index (χ2v) is 2.67. The number of aromatic nitrogens is 1. The van der Waals surface area contributed by atoms with Crippen LogP contribution in [0.4, 0.5) is 13.2 Å². The van der Waals surface area contributed by atoms with E-state index in [2.05, 4.69) is 0 Å². The molecule has 0 N–H and O–H groups in total. The molecular weight excluding hydrogens is 181 g/mol. The van der Waals surface area contributed by atoms with Crippen molar-refractivity contribution < 1.29 is 13.2 Å². The third-order valence-corrected chi connectivity index (χ3v) is 1.65. The van der Waals surface area contributed by atoms with Gasteiger partial charge in [0.15, 0.2) is 0 Å². The largest absolute Gasteiger partial charge is 0.406 e. The second-order valence-electron chi connectivity index (χ2n) is 2.67. The maximum atomic E-state index is 12.0. The lowest BCUT2D eigenvalue weighted by atomic mass is 10.4. The average molecular weight is 188 g/mol. The number of hydrogen-bond acceptors (Lipinski definition) is 1. The Morgan fingerprint density at radius 2 is 2.08 bits per heavy atom. The highest BCUT2D eigenvalue weighted by Crippen LogP contribution is 2.20. The first-order chi connectivity index (χ1) is 5.94. The number of aryl methyl sites for hydroxylation is 1. The maximum absolute atomic E-state index is 12.0. The van der Waals surface area contributed by atoms with E-state index in [-0.39, 0.29) is 5.69 Å². The highest BCUT2D eigenvalue weighted by Gasteiger charge is 2.29. The van der Waals surface area contributed by atoms with Crippen molar-refractivity contribution in [2.24, 2.45) is 0 Å². The van der Waals surface area contributed by atoms with Gasteiger partial charge in [-0.1, -0.05) is 0 Å². The number of nitrogens with zero attached hydrogens (tertiary/aromatic N) is 2. The molecule has 0 radical (unpaired) electrons. The average Bonchev–Trinajstić information content (AvgIpc) is 2.30. The summed E-state index contributed by atoms with van der Waals surface area (Å²) in [5, 5.41) is 8.49. The minimum atomic E-state index is -4.28. The van der Waals surface area contributed by atoms with Gasteiger partial charge in [-0.3, -0.25) is 0 Å². The van der Waals surface area contributed by atoms with Gasteiger partial charge in [0.1, 0.15) is 18.3 Å². The Kier molecular flexibility index (Phi) is 2.32. The molecule has 1 aromatic heterocycles. The van der Waals surface area contributed by atoms with Crippen LogP contribution < -0.4 is 0 Å². The fraction of sp³-hybridized carbons (Fsp3) is 0.375. The SMILES string of the molecule is Cc1ccc(C#N)n1CC(F)(F)F. The molecule has 0 bridgehead atoms. The quantitative estimate of drug-likeness (QED) is 0.664. The van der Waals surface area contributed by atoms with E-state index in [4.69, 9.17) is 5.26 Å². The summed E-state index contributed by atoms with van der Waals surface area (Å²) < 4.78 is 36.9. The molecule has 0 atom stereocenters. The van der Waals surface area contributed by atoms with Crippen LogP contribution in [-0.2, 0) is 6.54 Å². The highest BCUT2D eigenvalue weighted by molar-refractivity contribution is 5.26. The fourth-order valence-electron chi connectivity index (χ4n) is 1.06. The number of alkyl halides is 3. The molecular formula is C8H7F3N2. The molecule has 1 heterocycles. The van der Waals surface area contributed by atoms with Crippen molar-refractivity contribution in [3.05, 3.63) is 23.5 Å². The van der Waals surface area contributed by atoms with E-state index in [1.165, 1.54) is 19.1 Å². The Balaban J connectivity index is 3.00. The van der Waals surface area contributed by atoms with Gasteiger partial charge in [-0.2, -0.15) is 18.4 Å². The van der Waals surface area contributed by atoms with Gasteiger partial charge < -0.3 is 4.57 Å². The van der Waals surface area contributed by atoms with Crippen molar-refractivity contribution in [1.29, 1.82) is 5.26 Å². The van der Waals surface area contributed by atoms with E-state index in [0.29, 0.717) is 5.69 Å². The second kappa shape index (κ2) is 3.13. The molecule has 70 valence electrons. The van der Waals surface area contributed by atoms with Gasteiger partial charge >= 0.3 is 6.18 Å². The van der Waals surface area contributed by atoms with Crippen molar-refractivity contribution >= 4 is 0 Å². The molecule has 13 heavy (non-hydrogen) atoms. The highest BCUT2D eigenvalue weighted by atomic mass is 19.4. The van der Waals surface area contributed by atoms with E-state index < -0.39 is 12.7 Å². The standard InChI is InChI=1S/C8H7F3N2/c1-6-2-3-7(4-12)13(6)5-8(9,10)11/h2-3H,5H2,1H3. The number of hydrogen-bond donors (Lipinski definition) is 0. The number of rotatable bonds is 1. The molecule has 0 unspecified atom stereocenters. The Labute approximate surface area is 73.2 Å². The molecule has 0 aliphatic heterocycles. The van der Waals surface area contributed by atoms with Crippen LogP contribution in [0.3, 0.4) is 0 Å². The Hall–Kier alpha value is -1.44. The van der Waals surface area contributed by atoms with Crippen molar-refractivity contribution in [2.45, 2.75) is 19.6 Å². The fourth-order valence-corrected chi connectivity index (χ4v) is 1.06. The van der Waals surface area contributed by atoms with Crippen LogP contribution in [0, 0.1) is 18.3 Å². The third kappa shape index (κ3) is 2.25. The monoisotopic (exact) mass is 188 g/mol. The van der Waals surface area contributed by atoms with Crippen molar-refractivity contribution in [3.8, 4) is 6.07 Å². The summed E-state index contributed by atoms with van der Waals surface area (Å²) in [6.07, 6.45) is -4.28. The smallest absolute Gasteiger partial charge is 0.328 e. The van der Waals surface area contributed by atoms with Gasteiger partial charge in [0.25, 0.3) is 0 Å². The minimum absolute atomic E-state index is 0.0369. The van der Waals surface area contributed by atoms with Gasteiger partial charge in [0.2, 0.25) is 0 Å². The van der Waals surface area contributed by atoms with Gasteiger partial charge in [0, 0.05) is 5.69 Å². The Morgan fingerprint density at radius 3 is 2.54 bits per heavy atom. The molecule has 0 aliphatic carbocycles. The third-order valence-electron chi connectivity index (χ3n) is 1.65. The zero-order chi connectivity index (χ0) is 10.1. The van der Waals surface area contributed by atoms with Crippen LogP contribution in [0.15, 0.2) is 12.1 Å². The van der Waals surface area contributed by atoms with Crippen LogP contribution in [0.2, 0.25) is 0 Å². The minimum Gasteiger partial charge on any atom is -0.328 e. The molecule has 0 saturated heterocycles. The summed E-state index contributed by atoms with van der Waals surface area (Å²) in [6.45, 7) is 0.432. The van der Waals surface area contributed by atoms with E-state index in [1.54, 1.807) is 6.07 Å². The molecule has 0 aliphatic rings. The molecule has 0 amide bonds. The lowest BCUT2D eigenvalue weighted by molar-refractivity contribution is -0.141. The van der Waals surface area contributed by atoms with Crippen LogP contribution in [0.1, 0.15) is 11.4 Å².